The first kappa shape index (κ1) is 30.2. The van der Waals surface area contributed by atoms with Crippen molar-refractivity contribution in [3.63, 3.8) is 0 Å². The van der Waals surface area contributed by atoms with E-state index in [9.17, 15) is 8.78 Å². The maximum Gasteiger partial charge on any atom is 0.142 e. The molecule has 3 aromatic carbocycles. The third-order valence-corrected chi connectivity index (χ3v) is 7.83. The number of methoxy groups -OCH3 is 1. The van der Waals surface area contributed by atoms with Crippen LogP contribution >= 0.6 is 0 Å². The number of hydrogen-bond donors (Lipinski definition) is 2. The fourth-order valence-electron chi connectivity index (χ4n) is 5.58. The zero-order chi connectivity index (χ0) is 29.1. The van der Waals surface area contributed by atoms with Crippen LogP contribution < -0.4 is 25.0 Å². The SMILES string of the molecule is COCCCN1CCOc2ccc(COC3CNCCC3c3ccc(OCCNCc4cc(F)ccc4F)cc3)cc21. The standard InChI is InChI=1S/C33H41F2N3O4/c1-39-16-2-14-38-15-18-41-32-10-3-24(19-31(32)38)23-42-33-22-36-12-11-29(33)25-4-7-28(8-5-25)40-17-13-37-21-26-20-27(34)6-9-30(26)35/h3-10,19-20,29,33,36-37H,2,11-18,21-23H2,1H3. The van der Waals surface area contributed by atoms with Crippen molar-refractivity contribution in [3.05, 3.63) is 89.0 Å². The third kappa shape index (κ3) is 8.19. The molecule has 0 radical (unpaired) electrons. The number of piperidine rings is 1. The Balaban J connectivity index is 1.11. The zero-order valence-electron chi connectivity index (χ0n) is 24.2. The molecule has 2 heterocycles. The van der Waals surface area contributed by atoms with Crippen molar-refractivity contribution in [2.24, 2.45) is 0 Å². The van der Waals surface area contributed by atoms with Crippen molar-refractivity contribution in [1.82, 2.24) is 10.6 Å². The minimum absolute atomic E-state index is 0.0584. The molecule has 226 valence electrons. The van der Waals surface area contributed by atoms with E-state index in [0.717, 1.165) is 80.5 Å². The van der Waals surface area contributed by atoms with E-state index in [-0.39, 0.29) is 18.6 Å². The van der Waals surface area contributed by atoms with Crippen LogP contribution in [-0.4, -0.2) is 65.8 Å². The second-order valence-corrected chi connectivity index (χ2v) is 10.8. The summed E-state index contributed by atoms with van der Waals surface area (Å²) in [7, 11) is 1.74. The smallest absolute Gasteiger partial charge is 0.142 e. The summed E-state index contributed by atoms with van der Waals surface area (Å²) in [5, 5.41) is 6.58. The van der Waals surface area contributed by atoms with E-state index < -0.39 is 11.6 Å². The van der Waals surface area contributed by atoms with Gasteiger partial charge in [-0.3, -0.25) is 0 Å². The van der Waals surface area contributed by atoms with Crippen LogP contribution in [0.2, 0.25) is 0 Å². The van der Waals surface area contributed by atoms with Crippen LogP contribution in [0.15, 0.2) is 60.7 Å². The lowest BCUT2D eigenvalue weighted by Gasteiger charge is -2.33. The fourth-order valence-corrected chi connectivity index (χ4v) is 5.58. The van der Waals surface area contributed by atoms with E-state index in [1.165, 1.54) is 11.6 Å². The van der Waals surface area contributed by atoms with Gasteiger partial charge in [0, 0.05) is 51.4 Å². The van der Waals surface area contributed by atoms with E-state index in [2.05, 4.69) is 45.9 Å². The molecule has 0 spiro atoms. The molecule has 5 rings (SSSR count). The molecule has 0 aromatic heterocycles. The van der Waals surface area contributed by atoms with E-state index in [4.69, 9.17) is 18.9 Å². The van der Waals surface area contributed by atoms with Gasteiger partial charge in [-0.1, -0.05) is 18.2 Å². The van der Waals surface area contributed by atoms with E-state index >= 15 is 0 Å². The highest BCUT2D eigenvalue weighted by Crippen LogP contribution is 2.34. The highest BCUT2D eigenvalue weighted by atomic mass is 19.1. The summed E-state index contributed by atoms with van der Waals surface area (Å²) >= 11 is 0. The molecule has 0 aliphatic carbocycles. The van der Waals surface area contributed by atoms with Gasteiger partial charge in [0.15, 0.2) is 0 Å². The number of benzene rings is 3. The molecule has 0 saturated carbocycles. The van der Waals surface area contributed by atoms with Gasteiger partial charge in [0.2, 0.25) is 0 Å². The van der Waals surface area contributed by atoms with Crippen molar-refractivity contribution >= 4 is 5.69 Å². The summed E-state index contributed by atoms with van der Waals surface area (Å²) in [4.78, 5) is 2.37. The molecule has 42 heavy (non-hydrogen) atoms. The molecule has 1 fully saturated rings. The van der Waals surface area contributed by atoms with Crippen molar-refractivity contribution in [2.75, 3.05) is 64.6 Å². The largest absolute Gasteiger partial charge is 0.492 e. The average Bonchev–Trinajstić information content (AvgIpc) is 3.02. The van der Waals surface area contributed by atoms with Gasteiger partial charge < -0.3 is 34.5 Å². The quantitative estimate of drug-likeness (QED) is 0.259. The Morgan fingerprint density at radius 3 is 2.79 bits per heavy atom. The molecular formula is C33H41F2N3O4. The first-order chi connectivity index (χ1) is 20.6. The summed E-state index contributed by atoms with van der Waals surface area (Å²) in [5.74, 6) is 1.13. The number of halogens is 2. The van der Waals surface area contributed by atoms with Crippen molar-refractivity contribution in [3.8, 4) is 11.5 Å². The molecule has 2 aliphatic heterocycles. The molecular weight excluding hydrogens is 540 g/mol. The molecule has 2 N–H and O–H groups in total. The molecule has 2 unspecified atom stereocenters. The second kappa shape index (κ2) is 15.3. The Morgan fingerprint density at radius 1 is 1.05 bits per heavy atom. The summed E-state index contributed by atoms with van der Waals surface area (Å²) in [5.41, 5.74) is 3.80. The van der Waals surface area contributed by atoms with E-state index in [1.807, 2.05) is 12.1 Å². The monoisotopic (exact) mass is 581 g/mol. The van der Waals surface area contributed by atoms with Crippen molar-refractivity contribution < 1.29 is 27.7 Å². The van der Waals surface area contributed by atoms with Crippen LogP contribution in [0.25, 0.3) is 0 Å². The van der Waals surface area contributed by atoms with Crippen LogP contribution in [0, 0.1) is 11.6 Å². The minimum atomic E-state index is -0.444. The molecule has 0 bridgehead atoms. The number of anilines is 1. The highest BCUT2D eigenvalue weighted by Gasteiger charge is 2.27. The Morgan fingerprint density at radius 2 is 1.93 bits per heavy atom. The number of fused-ring (bicyclic) bond motifs is 1. The van der Waals surface area contributed by atoms with E-state index in [0.29, 0.717) is 31.9 Å². The minimum Gasteiger partial charge on any atom is -0.492 e. The van der Waals surface area contributed by atoms with Gasteiger partial charge in [-0.2, -0.15) is 0 Å². The van der Waals surface area contributed by atoms with Crippen LogP contribution in [-0.2, 0) is 22.6 Å². The maximum atomic E-state index is 13.8. The Hall–Kier alpha value is -3.24. The lowest BCUT2D eigenvalue weighted by atomic mass is 9.87. The fraction of sp³-hybridized carbons (Fsp3) is 0.455. The molecule has 7 nitrogen and oxygen atoms in total. The lowest BCUT2D eigenvalue weighted by molar-refractivity contribution is 0.0106. The third-order valence-electron chi connectivity index (χ3n) is 7.83. The number of hydrogen-bond acceptors (Lipinski definition) is 7. The zero-order valence-corrected chi connectivity index (χ0v) is 24.2. The van der Waals surface area contributed by atoms with Gasteiger partial charge >= 0.3 is 0 Å². The summed E-state index contributed by atoms with van der Waals surface area (Å²) in [6.45, 7) is 6.73. The molecule has 9 heteroatoms. The van der Waals surface area contributed by atoms with Crippen LogP contribution in [0.3, 0.4) is 0 Å². The topological polar surface area (TPSA) is 64.2 Å². The first-order valence-corrected chi connectivity index (χ1v) is 14.8. The van der Waals surface area contributed by atoms with Crippen LogP contribution in [0.4, 0.5) is 14.5 Å². The Bertz CT molecular complexity index is 1280. The van der Waals surface area contributed by atoms with Gasteiger partial charge in [0.25, 0.3) is 0 Å². The number of rotatable bonds is 14. The molecule has 0 amide bonds. The first-order valence-electron chi connectivity index (χ1n) is 14.8. The average molecular weight is 582 g/mol. The number of nitrogens with one attached hydrogen (secondary N) is 2. The number of ether oxygens (including phenoxy) is 4. The van der Waals surface area contributed by atoms with Crippen molar-refractivity contribution in [2.45, 2.75) is 38.0 Å². The Kier molecular flexibility index (Phi) is 11.0. The summed E-state index contributed by atoms with van der Waals surface area (Å²) < 4.78 is 50.6. The molecule has 2 atom stereocenters. The summed E-state index contributed by atoms with van der Waals surface area (Å²) in [6.07, 6.45) is 2.03. The predicted octanol–water partition coefficient (Wildman–Crippen LogP) is 5.03. The van der Waals surface area contributed by atoms with Crippen molar-refractivity contribution in [1.29, 1.82) is 0 Å². The molecule has 2 aliphatic rings. The second-order valence-electron chi connectivity index (χ2n) is 10.8. The predicted molar refractivity (Wildman–Crippen MR) is 159 cm³/mol. The highest BCUT2D eigenvalue weighted by molar-refractivity contribution is 5.61. The van der Waals surface area contributed by atoms with Crippen LogP contribution in [0.5, 0.6) is 11.5 Å². The van der Waals surface area contributed by atoms with Gasteiger partial charge in [-0.15, -0.1) is 0 Å². The normalized spacial score (nSPS) is 18.4. The molecule has 3 aromatic rings. The van der Waals surface area contributed by atoms with Gasteiger partial charge in [0.1, 0.15) is 36.3 Å². The van der Waals surface area contributed by atoms with E-state index in [1.54, 1.807) is 7.11 Å². The van der Waals surface area contributed by atoms with Gasteiger partial charge in [-0.05, 0) is 73.0 Å². The Labute approximate surface area is 247 Å². The lowest BCUT2D eigenvalue weighted by Crippen LogP contribution is -2.41. The number of nitrogens with zero attached hydrogens (tertiary/aromatic N) is 1. The summed E-state index contributed by atoms with van der Waals surface area (Å²) in [6, 6.07) is 18.0. The van der Waals surface area contributed by atoms with Gasteiger partial charge in [-0.25, -0.2) is 8.78 Å². The van der Waals surface area contributed by atoms with Crippen LogP contribution in [0.1, 0.15) is 35.4 Å². The van der Waals surface area contributed by atoms with Gasteiger partial charge in [0.05, 0.1) is 24.9 Å². The molecule has 1 saturated heterocycles. The maximum absolute atomic E-state index is 13.8.